The van der Waals surface area contributed by atoms with E-state index in [1.807, 2.05) is 0 Å². The van der Waals surface area contributed by atoms with Gasteiger partial charge in [0, 0.05) is 17.2 Å². The fourth-order valence-electron chi connectivity index (χ4n) is 3.07. The maximum absolute atomic E-state index is 13.1. The maximum Gasteiger partial charge on any atom is 0.424 e. The predicted molar refractivity (Wildman–Crippen MR) is 110 cm³/mol. The van der Waals surface area contributed by atoms with E-state index >= 15 is 0 Å². The number of allylic oxidation sites excluding steroid dienone is 1. The van der Waals surface area contributed by atoms with Crippen LogP contribution in [0.1, 0.15) is 18.5 Å². The molecule has 0 radical (unpaired) electrons. The van der Waals surface area contributed by atoms with Crippen molar-refractivity contribution in [2.45, 2.75) is 13.0 Å². The minimum absolute atomic E-state index is 0.0130. The van der Waals surface area contributed by atoms with Crippen LogP contribution < -0.4 is 4.74 Å². The second kappa shape index (κ2) is 8.84. The molecular weight excluding hydrogens is 430 g/mol. The number of aliphatic imine (C=N–C) groups is 1. The zero-order valence-corrected chi connectivity index (χ0v) is 17.1. The van der Waals surface area contributed by atoms with Crippen molar-refractivity contribution in [1.82, 2.24) is 4.90 Å². The van der Waals surface area contributed by atoms with Crippen molar-refractivity contribution in [2.24, 2.45) is 4.99 Å². The second-order valence-corrected chi connectivity index (χ2v) is 6.79. The fraction of sp³-hybridized carbons (Fsp3) is 0.150. The zero-order chi connectivity index (χ0) is 22.7. The second-order valence-electron chi connectivity index (χ2n) is 6.35. The van der Waals surface area contributed by atoms with E-state index in [4.69, 9.17) is 21.1 Å². The number of hydrogen-bond acceptors (Lipinski definition) is 7. The monoisotopic (exact) mass is 445 g/mol. The number of carboxylic acid groups (broad SMARTS) is 1. The average Bonchev–Trinajstić information content (AvgIpc) is 2.72. The standard InChI is InChI=1S/C20H16ClN3O7/c1-11-16(18(25)26)17(12-4-3-5-13(21)10-12)23(19(22-11)30-2)20(27)31-15-8-6-14(7-9-15)24(28)29/h3-10,17H,1-2H3,(H,25,26). The summed E-state index contributed by atoms with van der Waals surface area (Å²) < 4.78 is 10.5. The number of benzene rings is 2. The maximum atomic E-state index is 13.1. The zero-order valence-electron chi connectivity index (χ0n) is 16.3. The number of ether oxygens (including phenoxy) is 2. The summed E-state index contributed by atoms with van der Waals surface area (Å²) in [5.41, 5.74) is 0.201. The summed E-state index contributed by atoms with van der Waals surface area (Å²) in [6.45, 7) is 1.49. The SMILES string of the molecule is COC1=NC(C)=C(C(=O)O)C(c2cccc(Cl)c2)N1C(=O)Oc1ccc([N+](=O)[O-])cc1. The van der Waals surface area contributed by atoms with Crippen molar-refractivity contribution >= 4 is 35.4 Å². The third kappa shape index (κ3) is 4.48. The molecule has 1 amide bonds. The molecule has 2 aromatic rings. The van der Waals surface area contributed by atoms with Gasteiger partial charge in [0.05, 0.1) is 23.3 Å². The number of non-ortho nitro benzene ring substituents is 1. The molecule has 1 unspecified atom stereocenters. The molecule has 0 saturated heterocycles. The molecule has 0 spiro atoms. The molecule has 1 atom stereocenters. The topological polar surface area (TPSA) is 132 Å². The van der Waals surface area contributed by atoms with Gasteiger partial charge in [-0.25, -0.2) is 19.5 Å². The number of halogens is 1. The van der Waals surface area contributed by atoms with Crippen LogP contribution in [0, 0.1) is 10.1 Å². The molecule has 31 heavy (non-hydrogen) atoms. The number of amides is 1. The number of nitro benzene ring substituents is 1. The highest BCUT2D eigenvalue weighted by Crippen LogP contribution is 2.37. The lowest BCUT2D eigenvalue weighted by molar-refractivity contribution is -0.384. The molecule has 1 aliphatic rings. The normalized spacial score (nSPS) is 15.9. The van der Waals surface area contributed by atoms with Crippen LogP contribution in [0.5, 0.6) is 5.75 Å². The van der Waals surface area contributed by atoms with Gasteiger partial charge in [-0.2, -0.15) is 0 Å². The first-order chi connectivity index (χ1) is 14.7. The Morgan fingerprint density at radius 1 is 1.23 bits per heavy atom. The molecule has 0 saturated carbocycles. The summed E-state index contributed by atoms with van der Waals surface area (Å²) in [7, 11) is 1.28. The molecule has 0 bridgehead atoms. The minimum Gasteiger partial charge on any atom is -0.478 e. The van der Waals surface area contributed by atoms with Gasteiger partial charge in [-0.15, -0.1) is 0 Å². The molecule has 1 N–H and O–H groups in total. The van der Waals surface area contributed by atoms with Crippen molar-refractivity contribution in [3.8, 4) is 5.75 Å². The van der Waals surface area contributed by atoms with Gasteiger partial charge in [0.25, 0.3) is 5.69 Å². The Balaban J connectivity index is 2.05. The van der Waals surface area contributed by atoms with Gasteiger partial charge in [-0.3, -0.25) is 10.1 Å². The lowest BCUT2D eigenvalue weighted by Crippen LogP contribution is -2.46. The Morgan fingerprint density at radius 2 is 1.90 bits per heavy atom. The average molecular weight is 446 g/mol. The van der Waals surface area contributed by atoms with Crippen LogP contribution in [0.15, 0.2) is 64.8 Å². The largest absolute Gasteiger partial charge is 0.478 e. The van der Waals surface area contributed by atoms with E-state index in [2.05, 4.69) is 4.99 Å². The molecule has 0 aromatic heterocycles. The Labute approximate surface area is 181 Å². The van der Waals surface area contributed by atoms with E-state index in [-0.39, 0.29) is 28.7 Å². The van der Waals surface area contributed by atoms with Crippen molar-refractivity contribution < 1.29 is 29.1 Å². The van der Waals surface area contributed by atoms with Crippen LogP contribution in [0.4, 0.5) is 10.5 Å². The Morgan fingerprint density at radius 3 is 2.45 bits per heavy atom. The highest BCUT2D eigenvalue weighted by atomic mass is 35.5. The highest BCUT2D eigenvalue weighted by molar-refractivity contribution is 6.30. The van der Waals surface area contributed by atoms with Gasteiger partial charge in [0.2, 0.25) is 0 Å². The third-order valence-corrected chi connectivity index (χ3v) is 4.65. The molecule has 0 fully saturated rings. The number of hydrogen-bond donors (Lipinski definition) is 1. The highest BCUT2D eigenvalue weighted by Gasteiger charge is 2.41. The summed E-state index contributed by atoms with van der Waals surface area (Å²) in [6.07, 6.45) is -0.995. The van der Waals surface area contributed by atoms with Crippen molar-refractivity contribution in [1.29, 1.82) is 0 Å². The Hall–Kier alpha value is -3.92. The summed E-state index contributed by atoms with van der Waals surface area (Å²) in [4.78, 5) is 40.3. The summed E-state index contributed by atoms with van der Waals surface area (Å²) in [6, 6.07) is 9.87. The minimum atomic E-state index is -1.28. The van der Waals surface area contributed by atoms with Gasteiger partial charge in [0.15, 0.2) is 0 Å². The van der Waals surface area contributed by atoms with E-state index < -0.39 is 23.0 Å². The van der Waals surface area contributed by atoms with Gasteiger partial charge in [0.1, 0.15) is 11.8 Å². The molecule has 1 aliphatic heterocycles. The van der Waals surface area contributed by atoms with Crippen molar-refractivity contribution in [2.75, 3.05) is 7.11 Å². The number of aliphatic carboxylic acids is 1. The number of nitro groups is 1. The first-order valence-corrected chi connectivity index (χ1v) is 9.18. The molecule has 0 aliphatic carbocycles. The molecule has 1 heterocycles. The van der Waals surface area contributed by atoms with Crippen LogP contribution in [0.3, 0.4) is 0 Å². The first-order valence-electron chi connectivity index (χ1n) is 8.80. The number of nitrogens with zero attached hydrogens (tertiary/aromatic N) is 3. The number of rotatable bonds is 4. The number of amidine groups is 1. The Kier molecular flexibility index (Phi) is 6.21. The quantitative estimate of drug-likeness (QED) is 0.551. The number of methoxy groups -OCH3 is 1. The van der Waals surface area contributed by atoms with E-state index in [0.717, 1.165) is 4.90 Å². The molecular formula is C20H16ClN3O7. The summed E-state index contributed by atoms with van der Waals surface area (Å²) in [5.74, 6) is -1.27. The summed E-state index contributed by atoms with van der Waals surface area (Å²) in [5, 5.41) is 20.9. The number of carbonyl (C=O) groups excluding carboxylic acids is 1. The van der Waals surface area contributed by atoms with Gasteiger partial charge in [-0.05, 0) is 36.8 Å². The van der Waals surface area contributed by atoms with Crippen LogP contribution in [0.2, 0.25) is 5.02 Å². The van der Waals surface area contributed by atoms with Crippen molar-refractivity contribution in [3.63, 3.8) is 0 Å². The van der Waals surface area contributed by atoms with E-state index in [1.165, 1.54) is 44.4 Å². The van der Waals surface area contributed by atoms with E-state index in [9.17, 15) is 24.8 Å². The van der Waals surface area contributed by atoms with E-state index in [1.54, 1.807) is 18.2 Å². The van der Waals surface area contributed by atoms with Gasteiger partial charge >= 0.3 is 18.1 Å². The van der Waals surface area contributed by atoms with Gasteiger partial charge < -0.3 is 14.6 Å². The van der Waals surface area contributed by atoms with Crippen LogP contribution in [-0.2, 0) is 9.53 Å². The smallest absolute Gasteiger partial charge is 0.424 e. The number of carbonyl (C=O) groups is 2. The molecule has 10 nitrogen and oxygen atoms in total. The number of carboxylic acids is 1. The van der Waals surface area contributed by atoms with Crippen molar-refractivity contribution in [3.05, 3.63) is 80.5 Å². The van der Waals surface area contributed by atoms with Crippen LogP contribution >= 0.6 is 11.6 Å². The predicted octanol–water partition coefficient (Wildman–Crippen LogP) is 4.16. The van der Waals surface area contributed by atoms with E-state index in [0.29, 0.717) is 10.6 Å². The van der Waals surface area contributed by atoms with Crippen LogP contribution in [-0.4, -0.2) is 40.1 Å². The Bertz CT molecular complexity index is 1110. The van der Waals surface area contributed by atoms with Gasteiger partial charge in [-0.1, -0.05) is 23.7 Å². The molecule has 160 valence electrons. The lowest BCUT2D eigenvalue weighted by atomic mass is 9.95. The fourth-order valence-corrected chi connectivity index (χ4v) is 3.27. The third-order valence-electron chi connectivity index (χ3n) is 4.42. The molecule has 11 heteroatoms. The van der Waals surface area contributed by atoms with Crippen LogP contribution in [0.25, 0.3) is 0 Å². The summed E-state index contributed by atoms with van der Waals surface area (Å²) >= 11 is 6.08. The lowest BCUT2D eigenvalue weighted by Gasteiger charge is -2.34. The molecule has 2 aromatic carbocycles. The first kappa shape index (κ1) is 21.8. The molecule has 3 rings (SSSR count).